The fraction of sp³-hybridized carbons (Fsp3) is 0.700. The maximum Gasteiger partial charge on any atom is 0.410 e. The predicted molar refractivity (Wildman–Crippen MR) is 99.9 cm³/mol. The molecule has 0 spiro atoms. The molecule has 1 saturated heterocycles. The van der Waals surface area contributed by atoms with E-state index in [-0.39, 0.29) is 30.0 Å². The summed E-state index contributed by atoms with van der Waals surface area (Å²) in [5, 5.41) is 10.2. The van der Waals surface area contributed by atoms with Gasteiger partial charge in [0.25, 0.3) is 0 Å². The predicted octanol–water partition coefficient (Wildman–Crippen LogP) is 3.34. The van der Waals surface area contributed by atoms with Crippen LogP contribution in [0.4, 0.5) is 4.79 Å². The third kappa shape index (κ3) is 2.95. The van der Waals surface area contributed by atoms with Gasteiger partial charge in [-0.05, 0) is 56.3 Å². The molecular formula is C20H24ClN3O4. The van der Waals surface area contributed by atoms with Gasteiger partial charge in [0.05, 0.1) is 10.4 Å². The topological polar surface area (TPSA) is 92.6 Å². The van der Waals surface area contributed by atoms with Crippen LogP contribution in [0.5, 0.6) is 0 Å². The summed E-state index contributed by atoms with van der Waals surface area (Å²) in [4.78, 5) is 34.9. The second-order valence-electron chi connectivity index (χ2n) is 9.09. The van der Waals surface area contributed by atoms with Gasteiger partial charge >= 0.3 is 12.1 Å². The Morgan fingerprint density at radius 2 is 1.86 bits per heavy atom. The van der Waals surface area contributed by atoms with Crippen LogP contribution in [0.2, 0.25) is 5.02 Å². The lowest BCUT2D eigenvalue weighted by molar-refractivity contribution is -0.179. The molecule has 6 rings (SSSR count). The first-order chi connectivity index (χ1) is 13.4. The van der Waals surface area contributed by atoms with E-state index in [0.717, 1.165) is 25.7 Å². The lowest BCUT2D eigenvalue weighted by Crippen LogP contribution is -2.57. The summed E-state index contributed by atoms with van der Waals surface area (Å²) in [5.74, 6) is 0.980. The van der Waals surface area contributed by atoms with E-state index in [2.05, 4.69) is 9.97 Å². The number of aromatic nitrogens is 2. The Morgan fingerprint density at radius 1 is 1.18 bits per heavy atom. The molecule has 6 atom stereocenters. The maximum absolute atomic E-state index is 12.8. The summed E-state index contributed by atoms with van der Waals surface area (Å²) in [6.07, 6.45) is 7.62. The van der Waals surface area contributed by atoms with Crippen molar-refractivity contribution < 1.29 is 19.4 Å². The van der Waals surface area contributed by atoms with E-state index in [9.17, 15) is 14.7 Å². The molecule has 8 heteroatoms. The number of nitrogens with zero attached hydrogens (tertiary/aromatic N) is 3. The van der Waals surface area contributed by atoms with Crippen molar-refractivity contribution in [2.24, 2.45) is 23.2 Å². The number of hydrogen-bond donors (Lipinski definition) is 1. The highest BCUT2D eigenvalue weighted by atomic mass is 35.5. The molecule has 7 nitrogen and oxygen atoms in total. The number of amides is 1. The van der Waals surface area contributed by atoms with E-state index >= 15 is 0 Å². The second-order valence-corrected chi connectivity index (χ2v) is 9.53. The highest BCUT2D eigenvalue weighted by Crippen LogP contribution is 2.60. The molecule has 1 aromatic rings. The summed E-state index contributed by atoms with van der Waals surface area (Å²) in [6, 6.07) is 0. The molecule has 28 heavy (non-hydrogen) atoms. The zero-order valence-electron chi connectivity index (χ0n) is 15.6. The van der Waals surface area contributed by atoms with Crippen molar-refractivity contribution in [3.05, 3.63) is 23.2 Å². The minimum absolute atomic E-state index is 0.0959. The Balaban J connectivity index is 1.23. The van der Waals surface area contributed by atoms with Crippen molar-refractivity contribution in [3.8, 4) is 0 Å². The standard InChI is InChI=1S/C20H24ClN3O4/c21-15-8-22-17(23-9-15)12-1-2-24(10-12)19(27)28-16-13-3-11-4-14(16)7-20(5-11,6-13)18(25)26/h8-9,11-14,16H,1-7,10H2,(H,25,26)/t11?,12?,13-,14?,16-,20+/m0/s1. The van der Waals surface area contributed by atoms with Crippen LogP contribution in [0, 0.1) is 23.2 Å². The quantitative estimate of drug-likeness (QED) is 0.829. The highest BCUT2D eigenvalue weighted by Gasteiger charge is 2.60. The van der Waals surface area contributed by atoms with Crippen LogP contribution in [0.3, 0.4) is 0 Å². The fourth-order valence-electron chi connectivity index (χ4n) is 6.29. The number of carboxylic acids is 1. The van der Waals surface area contributed by atoms with Gasteiger partial charge in [0.15, 0.2) is 0 Å². The monoisotopic (exact) mass is 405 g/mol. The number of ether oxygens (including phenoxy) is 1. The number of likely N-dealkylation sites (tertiary alicyclic amines) is 1. The molecule has 3 unspecified atom stereocenters. The molecule has 1 aromatic heterocycles. The highest BCUT2D eigenvalue weighted by molar-refractivity contribution is 6.30. The number of carbonyl (C=O) groups is 2. The Bertz CT molecular complexity index is 785. The van der Waals surface area contributed by atoms with Crippen molar-refractivity contribution in [3.63, 3.8) is 0 Å². The van der Waals surface area contributed by atoms with Gasteiger partial charge in [0, 0.05) is 31.4 Å². The molecule has 0 radical (unpaired) electrons. The van der Waals surface area contributed by atoms with Crippen molar-refractivity contribution >= 4 is 23.7 Å². The van der Waals surface area contributed by atoms with E-state index < -0.39 is 11.4 Å². The molecule has 0 aromatic carbocycles. The van der Waals surface area contributed by atoms with Gasteiger partial charge < -0.3 is 14.7 Å². The smallest absolute Gasteiger partial charge is 0.410 e. The molecule has 4 aliphatic carbocycles. The number of hydrogen-bond acceptors (Lipinski definition) is 5. The summed E-state index contributed by atoms with van der Waals surface area (Å²) in [7, 11) is 0. The van der Waals surface area contributed by atoms with E-state index in [0.29, 0.717) is 42.7 Å². The number of rotatable bonds is 3. The molecule has 1 N–H and O–H groups in total. The normalized spacial score (nSPS) is 38.6. The van der Waals surface area contributed by atoms with E-state index in [4.69, 9.17) is 16.3 Å². The largest absolute Gasteiger partial charge is 0.481 e. The molecule has 1 aliphatic heterocycles. The average molecular weight is 406 g/mol. The van der Waals surface area contributed by atoms with Crippen molar-refractivity contribution in [2.75, 3.05) is 13.1 Å². The maximum atomic E-state index is 12.8. The second kappa shape index (κ2) is 6.58. The first-order valence-electron chi connectivity index (χ1n) is 10.1. The third-order valence-electron chi connectivity index (χ3n) is 7.33. The van der Waals surface area contributed by atoms with Crippen LogP contribution in [0.15, 0.2) is 12.4 Å². The molecule has 150 valence electrons. The van der Waals surface area contributed by atoms with Crippen molar-refractivity contribution in [1.29, 1.82) is 0 Å². The number of aliphatic carboxylic acids is 1. The molecule has 1 amide bonds. The van der Waals surface area contributed by atoms with Gasteiger partial charge in [-0.1, -0.05) is 11.6 Å². The Labute approximate surface area is 168 Å². The van der Waals surface area contributed by atoms with Crippen LogP contribution < -0.4 is 0 Å². The van der Waals surface area contributed by atoms with Crippen LogP contribution >= 0.6 is 11.6 Å². The number of halogens is 1. The van der Waals surface area contributed by atoms with Gasteiger partial charge in [-0.3, -0.25) is 4.79 Å². The van der Waals surface area contributed by atoms with Crippen LogP contribution in [-0.2, 0) is 9.53 Å². The van der Waals surface area contributed by atoms with E-state index in [1.54, 1.807) is 17.3 Å². The minimum Gasteiger partial charge on any atom is -0.481 e. The third-order valence-corrected chi connectivity index (χ3v) is 7.52. The summed E-state index contributed by atoms with van der Waals surface area (Å²) >= 11 is 5.85. The SMILES string of the molecule is O=C(O[C@@H]1C2CC3C[C@H]1C[C@](C(=O)O)(C3)C2)N1CCC(c2ncc(Cl)cn2)C1. The Kier molecular flexibility index (Phi) is 4.27. The van der Waals surface area contributed by atoms with Gasteiger partial charge in [0.1, 0.15) is 11.9 Å². The average Bonchev–Trinajstić information content (AvgIpc) is 3.15. The minimum atomic E-state index is -0.665. The number of carbonyl (C=O) groups excluding carboxylic acids is 1. The molecule has 5 fully saturated rings. The van der Waals surface area contributed by atoms with Crippen LogP contribution in [0.25, 0.3) is 0 Å². The van der Waals surface area contributed by atoms with E-state index in [1.807, 2.05) is 0 Å². The Morgan fingerprint density at radius 3 is 2.50 bits per heavy atom. The van der Waals surface area contributed by atoms with Crippen molar-refractivity contribution in [1.82, 2.24) is 14.9 Å². The lowest BCUT2D eigenvalue weighted by atomic mass is 9.48. The zero-order chi connectivity index (χ0) is 19.5. The molecule has 2 heterocycles. The molecule has 4 bridgehead atoms. The summed E-state index contributed by atoms with van der Waals surface area (Å²) in [5.41, 5.74) is -0.579. The molecule has 4 saturated carbocycles. The first-order valence-corrected chi connectivity index (χ1v) is 10.5. The summed E-state index contributed by atoms with van der Waals surface area (Å²) < 4.78 is 5.97. The summed E-state index contributed by atoms with van der Waals surface area (Å²) in [6.45, 7) is 1.17. The first kappa shape index (κ1) is 18.2. The molecular weight excluding hydrogens is 382 g/mol. The molecule has 5 aliphatic rings. The van der Waals surface area contributed by atoms with Crippen LogP contribution in [0.1, 0.15) is 50.3 Å². The lowest BCUT2D eigenvalue weighted by Gasteiger charge is -2.57. The van der Waals surface area contributed by atoms with Crippen molar-refractivity contribution in [2.45, 2.75) is 50.5 Å². The number of carboxylic acid groups (broad SMARTS) is 1. The van der Waals surface area contributed by atoms with Gasteiger partial charge in [-0.25, -0.2) is 14.8 Å². The Hall–Kier alpha value is -1.89. The van der Waals surface area contributed by atoms with Crippen LogP contribution in [-0.4, -0.2) is 51.2 Å². The zero-order valence-corrected chi connectivity index (χ0v) is 16.3. The fourth-order valence-corrected chi connectivity index (χ4v) is 6.39. The van der Waals surface area contributed by atoms with Gasteiger partial charge in [-0.2, -0.15) is 0 Å². The van der Waals surface area contributed by atoms with Gasteiger partial charge in [-0.15, -0.1) is 0 Å². The van der Waals surface area contributed by atoms with E-state index in [1.165, 1.54) is 0 Å². The van der Waals surface area contributed by atoms with Gasteiger partial charge in [0.2, 0.25) is 0 Å².